The molecule has 0 bridgehead atoms. The highest BCUT2D eigenvalue weighted by atomic mass is 16.2. The van der Waals surface area contributed by atoms with Gasteiger partial charge in [0.05, 0.1) is 0 Å². The Balaban J connectivity index is 1.30. The second kappa shape index (κ2) is 10.6. The molecular weight excluding hydrogens is 472 g/mol. The number of aromatic nitrogens is 1. The van der Waals surface area contributed by atoms with Crippen molar-refractivity contribution in [3.05, 3.63) is 70.4 Å². The van der Waals surface area contributed by atoms with Crippen molar-refractivity contribution in [1.29, 1.82) is 0 Å². The van der Waals surface area contributed by atoms with Gasteiger partial charge in [0.25, 0.3) is 5.91 Å². The van der Waals surface area contributed by atoms with Crippen LogP contribution in [0, 0.1) is 19.3 Å². The molecule has 1 aromatic heterocycles. The van der Waals surface area contributed by atoms with Crippen molar-refractivity contribution in [3.63, 3.8) is 0 Å². The summed E-state index contributed by atoms with van der Waals surface area (Å²) >= 11 is 0. The molecule has 0 aliphatic carbocycles. The van der Waals surface area contributed by atoms with E-state index in [1.165, 1.54) is 16.7 Å². The third-order valence-electron chi connectivity index (χ3n) is 8.44. The van der Waals surface area contributed by atoms with E-state index in [9.17, 15) is 9.59 Å². The molecule has 2 aliphatic heterocycles. The van der Waals surface area contributed by atoms with Gasteiger partial charge in [-0.2, -0.15) is 0 Å². The zero-order valence-electron chi connectivity index (χ0n) is 23.6. The Bertz CT molecular complexity index is 1300. The van der Waals surface area contributed by atoms with E-state index in [1.807, 2.05) is 36.6 Å². The lowest BCUT2D eigenvalue weighted by Crippen LogP contribution is -2.53. The second-order valence-corrected chi connectivity index (χ2v) is 12.2. The fraction of sp³-hybridized carbons (Fsp3) is 0.500. The first-order valence-corrected chi connectivity index (χ1v) is 14.1. The fourth-order valence-corrected chi connectivity index (χ4v) is 6.37. The number of benzene rings is 2. The number of carbonyl (C=O) groups is 2. The molecule has 0 unspecified atom stereocenters. The maximum Gasteiger partial charge on any atom is 0.270 e. The first-order chi connectivity index (χ1) is 18.1. The standard InChI is InChI=1S/C32H42N4O2/c1-22-9-8-10-23(2)28(22)24-13-15-34(16-14-24)21-26-25-11-6-7-12-27(25)33-29(26)30(37)35-17-19-36(20-18-35)31(38)32(3,4)5/h6-12,24,33H,13-21H2,1-5H3. The molecule has 2 aromatic carbocycles. The number of likely N-dealkylation sites (tertiary alicyclic amines) is 1. The number of piperidine rings is 1. The molecule has 202 valence electrons. The molecule has 2 saturated heterocycles. The number of rotatable bonds is 4. The molecule has 0 radical (unpaired) electrons. The SMILES string of the molecule is Cc1cccc(C)c1C1CCN(Cc2c(C(=O)N3CCN(C(=O)C(C)(C)C)CC3)[nH]c3ccccc23)CC1. The van der Waals surface area contributed by atoms with Crippen LogP contribution in [0.5, 0.6) is 0 Å². The van der Waals surface area contributed by atoms with Crippen LogP contribution in [-0.2, 0) is 11.3 Å². The molecule has 2 fully saturated rings. The van der Waals surface area contributed by atoms with Crippen molar-refractivity contribution in [2.75, 3.05) is 39.3 Å². The van der Waals surface area contributed by atoms with E-state index in [2.05, 4.69) is 60.1 Å². The number of amides is 2. The van der Waals surface area contributed by atoms with Gasteiger partial charge in [-0.3, -0.25) is 14.5 Å². The van der Waals surface area contributed by atoms with Crippen LogP contribution in [0.2, 0.25) is 0 Å². The minimum absolute atomic E-state index is 0.0458. The number of carbonyl (C=O) groups excluding carboxylic acids is 2. The zero-order valence-corrected chi connectivity index (χ0v) is 23.6. The van der Waals surface area contributed by atoms with E-state index in [1.54, 1.807) is 0 Å². The summed E-state index contributed by atoms with van der Waals surface area (Å²) in [4.78, 5) is 36.3. The fourth-order valence-electron chi connectivity index (χ4n) is 6.37. The van der Waals surface area contributed by atoms with Gasteiger partial charge in [-0.25, -0.2) is 0 Å². The summed E-state index contributed by atoms with van der Waals surface area (Å²) in [6.07, 6.45) is 2.28. The maximum atomic E-state index is 13.8. The third kappa shape index (κ3) is 5.24. The lowest BCUT2D eigenvalue weighted by Gasteiger charge is -2.37. The Morgan fingerprint density at radius 1 is 0.842 bits per heavy atom. The number of fused-ring (bicyclic) bond motifs is 1. The molecule has 3 heterocycles. The van der Waals surface area contributed by atoms with Crippen molar-refractivity contribution in [2.24, 2.45) is 5.41 Å². The minimum atomic E-state index is -0.401. The van der Waals surface area contributed by atoms with Crippen LogP contribution in [-0.4, -0.2) is 70.8 Å². The van der Waals surface area contributed by atoms with Crippen LogP contribution >= 0.6 is 0 Å². The van der Waals surface area contributed by atoms with Crippen LogP contribution in [0.3, 0.4) is 0 Å². The predicted molar refractivity (Wildman–Crippen MR) is 153 cm³/mol. The van der Waals surface area contributed by atoms with E-state index < -0.39 is 5.41 Å². The Labute approximate surface area is 227 Å². The molecule has 6 nitrogen and oxygen atoms in total. The summed E-state index contributed by atoms with van der Waals surface area (Å²) < 4.78 is 0. The number of piperazine rings is 1. The Morgan fingerprint density at radius 3 is 2.08 bits per heavy atom. The van der Waals surface area contributed by atoms with Crippen molar-refractivity contribution < 1.29 is 9.59 Å². The molecule has 38 heavy (non-hydrogen) atoms. The van der Waals surface area contributed by atoms with Gasteiger partial charge in [0.15, 0.2) is 0 Å². The largest absolute Gasteiger partial charge is 0.350 e. The highest BCUT2D eigenvalue weighted by Crippen LogP contribution is 2.34. The molecule has 6 heteroatoms. The number of hydrogen-bond acceptors (Lipinski definition) is 3. The average molecular weight is 515 g/mol. The van der Waals surface area contributed by atoms with Gasteiger partial charge in [-0.05, 0) is 68.5 Å². The van der Waals surface area contributed by atoms with Gasteiger partial charge in [-0.15, -0.1) is 0 Å². The van der Waals surface area contributed by atoms with Gasteiger partial charge in [0, 0.05) is 54.6 Å². The first-order valence-electron chi connectivity index (χ1n) is 14.1. The number of aromatic amines is 1. The molecule has 2 amide bonds. The Hall–Kier alpha value is -3.12. The Morgan fingerprint density at radius 2 is 1.45 bits per heavy atom. The van der Waals surface area contributed by atoms with Crippen molar-refractivity contribution >= 4 is 22.7 Å². The maximum absolute atomic E-state index is 13.8. The minimum Gasteiger partial charge on any atom is -0.350 e. The van der Waals surface area contributed by atoms with E-state index in [0.29, 0.717) is 37.8 Å². The van der Waals surface area contributed by atoms with Crippen LogP contribution < -0.4 is 0 Å². The average Bonchev–Trinajstić information content (AvgIpc) is 3.26. The third-order valence-corrected chi connectivity index (χ3v) is 8.44. The summed E-state index contributed by atoms with van der Waals surface area (Å²) in [6.45, 7) is 15.5. The van der Waals surface area contributed by atoms with Crippen LogP contribution in [0.25, 0.3) is 10.9 Å². The van der Waals surface area contributed by atoms with Gasteiger partial charge >= 0.3 is 0 Å². The summed E-state index contributed by atoms with van der Waals surface area (Å²) in [6, 6.07) is 14.9. The van der Waals surface area contributed by atoms with Crippen LogP contribution in [0.15, 0.2) is 42.5 Å². The molecule has 5 rings (SSSR count). The number of aryl methyl sites for hydroxylation is 2. The van der Waals surface area contributed by atoms with Crippen molar-refractivity contribution in [2.45, 2.75) is 59.9 Å². The van der Waals surface area contributed by atoms with Gasteiger partial charge in [0.1, 0.15) is 5.69 Å². The zero-order chi connectivity index (χ0) is 27.0. The highest BCUT2D eigenvalue weighted by Gasteiger charge is 2.33. The lowest BCUT2D eigenvalue weighted by molar-refractivity contribution is -0.140. The predicted octanol–water partition coefficient (Wildman–Crippen LogP) is 5.49. The Kier molecular flexibility index (Phi) is 7.36. The molecule has 0 spiro atoms. The monoisotopic (exact) mass is 514 g/mol. The van der Waals surface area contributed by atoms with Crippen LogP contribution in [0.1, 0.15) is 72.3 Å². The van der Waals surface area contributed by atoms with E-state index in [4.69, 9.17) is 0 Å². The number of para-hydroxylation sites is 1. The van der Waals surface area contributed by atoms with Gasteiger partial charge in [0.2, 0.25) is 5.91 Å². The van der Waals surface area contributed by atoms with Crippen molar-refractivity contribution in [3.8, 4) is 0 Å². The lowest BCUT2D eigenvalue weighted by atomic mass is 9.84. The molecule has 0 saturated carbocycles. The summed E-state index contributed by atoms with van der Waals surface area (Å²) in [5.74, 6) is 0.799. The van der Waals surface area contributed by atoms with Crippen LogP contribution in [0.4, 0.5) is 0 Å². The number of H-pyrrole nitrogens is 1. The quantitative estimate of drug-likeness (QED) is 0.501. The van der Waals surface area contributed by atoms with Gasteiger partial charge in [-0.1, -0.05) is 57.2 Å². The normalized spacial score (nSPS) is 17.8. The molecule has 3 aromatic rings. The summed E-state index contributed by atoms with van der Waals surface area (Å²) in [5, 5.41) is 1.13. The highest BCUT2D eigenvalue weighted by molar-refractivity contribution is 6.01. The first kappa shape index (κ1) is 26.5. The summed E-state index contributed by atoms with van der Waals surface area (Å²) in [5.41, 5.74) is 6.75. The number of hydrogen-bond donors (Lipinski definition) is 1. The second-order valence-electron chi connectivity index (χ2n) is 12.2. The van der Waals surface area contributed by atoms with Gasteiger partial charge < -0.3 is 14.8 Å². The molecule has 2 aliphatic rings. The van der Waals surface area contributed by atoms with E-state index in [0.717, 1.165) is 48.9 Å². The number of nitrogens with one attached hydrogen (secondary N) is 1. The molecular formula is C32H42N4O2. The van der Waals surface area contributed by atoms with E-state index >= 15 is 0 Å². The smallest absolute Gasteiger partial charge is 0.270 e. The molecule has 0 atom stereocenters. The van der Waals surface area contributed by atoms with Crippen molar-refractivity contribution in [1.82, 2.24) is 19.7 Å². The topological polar surface area (TPSA) is 59.7 Å². The summed E-state index contributed by atoms with van der Waals surface area (Å²) in [7, 11) is 0. The van der Waals surface area contributed by atoms with E-state index in [-0.39, 0.29) is 11.8 Å². The molecule has 1 N–H and O–H groups in total. The number of nitrogens with zero attached hydrogens (tertiary/aromatic N) is 3.